The summed E-state index contributed by atoms with van der Waals surface area (Å²) in [4.78, 5) is 28.8. The van der Waals surface area contributed by atoms with Gasteiger partial charge in [-0.3, -0.25) is 9.63 Å². The van der Waals surface area contributed by atoms with Crippen LogP contribution >= 0.6 is 0 Å². The molecule has 2 rings (SSSR count). The number of hydrogen-bond acceptors (Lipinski definition) is 5. The Hall–Kier alpha value is -1.92. The summed E-state index contributed by atoms with van der Waals surface area (Å²) in [7, 11) is 2.94. The van der Waals surface area contributed by atoms with Crippen LogP contribution in [0.15, 0.2) is 30.3 Å². The average Bonchev–Trinajstić information content (AvgIpc) is 3.00. The Balaban J connectivity index is 1.90. The van der Waals surface area contributed by atoms with E-state index in [-0.39, 0.29) is 18.4 Å². The van der Waals surface area contributed by atoms with E-state index >= 15 is 0 Å². The maximum Gasteiger partial charge on any atom is 0.338 e. The first-order chi connectivity index (χ1) is 10.1. The molecule has 0 unspecified atom stereocenters. The molecule has 2 atom stereocenters. The lowest BCUT2D eigenvalue weighted by Gasteiger charge is -2.22. The van der Waals surface area contributed by atoms with Crippen molar-refractivity contribution in [2.45, 2.75) is 12.5 Å². The fraction of sp³-hybridized carbons (Fsp3) is 0.467. The van der Waals surface area contributed by atoms with Gasteiger partial charge in [-0.15, -0.1) is 0 Å². The van der Waals surface area contributed by atoms with Crippen molar-refractivity contribution < 1.29 is 23.9 Å². The minimum Gasteiger partial charge on any atom is -0.462 e. The molecule has 1 saturated heterocycles. The zero-order valence-corrected chi connectivity index (χ0v) is 12.2. The highest BCUT2D eigenvalue weighted by Gasteiger charge is 2.37. The Bertz CT molecular complexity index is 490. The van der Waals surface area contributed by atoms with Gasteiger partial charge < -0.3 is 9.47 Å². The maximum absolute atomic E-state index is 12.0. The molecule has 0 aromatic heterocycles. The van der Waals surface area contributed by atoms with E-state index in [2.05, 4.69) is 0 Å². The number of hydroxylamine groups is 2. The zero-order chi connectivity index (χ0) is 15.2. The van der Waals surface area contributed by atoms with E-state index in [1.54, 1.807) is 24.3 Å². The van der Waals surface area contributed by atoms with Gasteiger partial charge in [0.05, 0.1) is 19.3 Å². The highest BCUT2D eigenvalue weighted by molar-refractivity contribution is 5.89. The number of hydrogen-bond donors (Lipinski definition) is 0. The summed E-state index contributed by atoms with van der Waals surface area (Å²) in [5.74, 6) is -0.813. The third-order valence-corrected chi connectivity index (χ3v) is 3.48. The van der Waals surface area contributed by atoms with Gasteiger partial charge in [-0.25, -0.2) is 9.86 Å². The quantitative estimate of drug-likeness (QED) is 0.604. The smallest absolute Gasteiger partial charge is 0.338 e. The van der Waals surface area contributed by atoms with Crippen LogP contribution in [-0.4, -0.2) is 50.4 Å². The SMILES string of the molecule is CON(C)C(=O)[C@@H]1OCC[C@H]1COC(=O)c1ccccc1. The number of likely N-dealkylation sites (N-methyl/N-ethyl adjacent to an activating group) is 1. The molecule has 0 bridgehead atoms. The van der Waals surface area contributed by atoms with Crippen molar-refractivity contribution in [1.82, 2.24) is 5.06 Å². The monoisotopic (exact) mass is 293 g/mol. The van der Waals surface area contributed by atoms with Crippen LogP contribution in [0.25, 0.3) is 0 Å². The normalized spacial score (nSPS) is 21.0. The molecule has 0 saturated carbocycles. The van der Waals surface area contributed by atoms with Crippen molar-refractivity contribution in [1.29, 1.82) is 0 Å². The third kappa shape index (κ3) is 3.80. The van der Waals surface area contributed by atoms with Crippen molar-refractivity contribution >= 4 is 11.9 Å². The maximum atomic E-state index is 12.0. The fourth-order valence-electron chi connectivity index (χ4n) is 2.19. The average molecular weight is 293 g/mol. The van der Waals surface area contributed by atoms with E-state index < -0.39 is 12.1 Å². The van der Waals surface area contributed by atoms with Crippen molar-refractivity contribution in [3.63, 3.8) is 0 Å². The van der Waals surface area contributed by atoms with Crippen molar-refractivity contribution in [2.75, 3.05) is 27.4 Å². The number of nitrogens with zero attached hydrogens (tertiary/aromatic N) is 1. The van der Waals surface area contributed by atoms with Gasteiger partial charge in [0.25, 0.3) is 5.91 Å². The highest BCUT2D eigenvalue weighted by atomic mass is 16.7. The van der Waals surface area contributed by atoms with E-state index in [1.807, 2.05) is 6.07 Å². The molecule has 0 radical (unpaired) electrons. The summed E-state index contributed by atoms with van der Waals surface area (Å²) < 4.78 is 10.7. The number of rotatable bonds is 5. The molecular formula is C15H19NO5. The standard InChI is InChI=1S/C15H19NO5/c1-16(19-2)14(17)13-12(8-9-20-13)10-21-15(18)11-6-4-3-5-7-11/h3-7,12-13H,8-10H2,1-2H3/t12-,13+/m0/s1. The number of esters is 1. The molecule has 6 heteroatoms. The van der Waals surface area contributed by atoms with Crippen LogP contribution in [0.5, 0.6) is 0 Å². The molecule has 0 aliphatic carbocycles. The molecule has 1 fully saturated rings. The van der Waals surface area contributed by atoms with Crippen LogP contribution in [0.3, 0.4) is 0 Å². The zero-order valence-electron chi connectivity index (χ0n) is 12.2. The predicted molar refractivity (Wildman–Crippen MR) is 74.4 cm³/mol. The molecular weight excluding hydrogens is 274 g/mol. The second kappa shape index (κ2) is 7.19. The molecule has 1 amide bonds. The number of carbonyl (C=O) groups is 2. The molecule has 21 heavy (non-hydrogen) atoms. The van der Waals surface area contributed by atoms with Crippen molar-refractivity contribution in [3.8, 4) is 0 Å². The Morgan fingerprint density at radius 2 is 2.05 bits per heavy atom. The van der Waals surface area contributed by atoms with Gasteiger partial charge >= 0.3 is 5.97 Å². The van der Waals surface area contributed by atoms with Gasteiger partial charge in [-0.1, -0.05) is 18.2 Å². The van der Waals surface area contributed by atoms with Crippen LogP contribution in [0, 0.1) is 5.92 Å². The third-order valence-electron chi connectivity index (χ3n) is 3.48. The van der Waals surface area contributed by atoms with Gasteiger partial charge in [0, 0.05) is 19.6 Å². The molecule has 6 nitrogen and oxygen atoms in total. The lowest BCUT2D eigenvalue weighted by atomic mass is 10.0. The van der Waals surface area contributed by atoms with Crippen molar-refractivity contribution in [3.05, 3.63) is 35.9 Å². The van der Waals surface area contributed by atoms with E-state index in [9.17, 15) is 9.59 Å². The summed E-state index contributed by atoms with van der Waals surface area (Å²) in [6.07, 6.45) is 0.0503. The summed E-state index contributed by atoms with van der Waals surface area (Å²) in [6, 6.07) is 8.75. The molecule has 1 aliphatic rings. The van der Waals surface area contributed by atoms with Crippen LogP contribution in [0.1, 0.15) is 16.8 Å². The molecule has 0 N–H and O–H groups in total. The number of benzene rings is 1. The van der Waals surface area contributed by atoms with Crippen LogP contribution in [-0.2, 0) is 19.1 Å². The lowest BCUT2D eigenvalue weighted by Crippen LogP contribution is -2.40. The molecule has 1 aromatic carbocycles. The second-order valence-corrected chi connectivity index (χ2v) is 4.82. The number of ether oxygens (including phenoxy) is 2. The first-order valence-electron chi connectivity index (χ1n) is 6.79. The minimum absolute atomic E-state index is 0.150. The first kappa shape index (κ1) is 15.5. The summed E-state index contributed by atoms with van der Waals surface area (Å²) in [5, 5.41) is 1.13. The number of carbonyl (C=O) groups excluding carboxylic acids is 2. The van der Waals surface area contributed by atoms with Gasteiger partial charge in [0.15, 0.2) is 0 Å². The van der Waals surface area contributed by atoms with Gasteiger partial charge in [-0.05, 0) is 18.6 Å². The lowest BCUT2D eigenvalue weighted by molar-refractivity contribution is -0.180. The second-order valence-electron chi connectivity index (χ2n) is 4.82. The molecule has 114 valence electrons. The first-order valence-corrected chi connectivity index (χ1v) is 6.79. The van der Waals surface area contributed by atoms with E-state index in [1.165, 1.54) is 14.2 Å². The Morgan fingerprint density at radius 1 is 1.33 bits per heavy atom. The predicted octanol–water partition coefficient (Wildman–Crippen LogP) is 1.27. The van der Waals surface area contributed by atoms with Crippen molar-refractivity contribution in [2.24, 2.45) is 5.92 Å². The van der Waals surface area contributed by atoms with Gasteiger partial charge in [-0.2, -0.15) is 0 Å². The van der Waals surface area contributed by atoms with E-state index in [0.29, 0.717) is 18.6 Å². The summed E-state index contributed by atoms with van der Waals surface area (Å²) in [5.41, 5.74) is 0.494. The molecule has 1 aromatic rings. The highest BCUT2D eigenvalue weighted by Crippen LogP contribution is 2.23. The Morgan fingerprint density at radius 3 is 2.71 bits per heavy atom. The van der Waals surface area contributed by atoms with E-state index in [4.69, 9.17) is 14.3 Å². The van der Waals surface area contributed by atoms with Gasteiger partial charge in [0.1, 0.15) is 6.10 Å². The van der Waals surface area contributed by atoms with Gasteiger partial charge in [0.2, 0.25) is 0 Å². The number of amides is 1. The topological polar surface area (TPSA) is 65.1 Å². The molecule has 0 spiro atoms. The van der Waals surface area contributed by atoms with Crippen LogP contribution < -0.4 is 0 Å². The summed E-state index contributed by atoms with van der Waals surface area (Å²) >= 11 is 0. The van der Waals surface area contributed by atoms with E-state index in [0.717, 1.165) is 5.06 Å². The minimum atomic E-state index is -0.626. The van der Waals surface area contributed by atoms with Crippen LogP contribution in [0.2, 0.25) is 0 Å². The molecule has 1 aliphatic heterocycles. The Labute approximate surface area is 123 Å². The largest absolute Gasteiger partial charge is 0.462 e. The van der Waals surface area contributed by atoms with Crippen LogP contribution in [0.4, 0.5) is 0 Å². The Kier molecular flexibility index (Phi) is 5.30. The fourth-order valence-corrected chi connectivity index (χ4v) is 2.19. The summed E-state index contributed by atoms with van der Waals surface area (Å²) in [6.45, 7) is 0.628. The molecule has 1 heterocycles.